The Hall–Kier alpha value is -2.27. The Bertz CT molecular complexity index is 1100. The van der Waals surface area contributed by atoms with Crippen molar-refractivity contribution in [3.8, 4) is 5.69 Å². The monoisotopic (exact) mass is 482 g/mol. The van der Waals surface area contributed by atoms with Gasteiger partial charge in [-0.3, -0.25) is 14.2 Å². The predicted octanol–water partition coefficient (Wildman–Crippen LogP) is 4.25. The minimum atomic E-state index is -4.97. The number of aliphatic carboxylic acids is 1. The van der Waals surface area contributed by atoms with Gasteiger partial charge >= 0.3 is 17.8 Å². The van der Waals surface area contributed by atoms with Gasteiger partial charge in [-0.25, -0.2) is 13.8 Å². The van der Waals surface area contributed by atoms with Crippen LogP contribution in [0.2, 0.25) is 5.02 Å². The van der Waals surface area contributed by atoms with Crippen LogP contribution in [0.1, 0.15) is 31.5 Å². The molecule has 12 heteroatoms. The number of hydrogen-bond donors (Lipinski definition) is 1. The van der Waals surface area contributed by atoms with Gasteiger partial charge in [0.05, 0.1) is 10.7 Å². The first-order valence-electron chi connectivity index (χ1n) is 8.95. The summed E-state index contributed by atoms with van der Waals surface area (Å²) in [7, 11) is 0.820. The van der Waals surface area contributed by atoms with E-state index in [-0.39, 0.29) is 31.4 Å². The van der Waals surface area contributed by atoms with Crippen LogP contribution in [0.3, 0.4) is 0 Å². The van der Waals surface area contributed by atoms with Crippen LogP contribution in [0.4, 0.5) is 17.6 Å². The second kappa shape index (κ2) is 9.07. The molecule has 31 heavy (non-hydrogen) atoms. The number of nitrogens with zero attached hydrogens (tertiary/aromatic N) is 2. The Balaban J connectivity index is 2.74. The van der Waals surface area contributed by atoms with Crippen molar-refractivity contribution >= 4 is 29.3 Å². The van der Waals surface area contributed by atoms with E-state index >= 15 is 0 Å². The van der Waals surface area contributed by atoms with Crippen LogP contribution in [0.25, 0.3) is 5.69 Å². The van der Waals surface area contributed by atoms with E-state index in [1.807, 2.05) is 13.8 Å². The van der Waals surface area contributed by atoms with Gasteiger partial charge < -0.3 is 5.11 Å². The molecule has 2 aromatic rings. The second-order valence-corrected chi connectivity index (χ2v) is 8.91. The molecule has 0 amide bonds. The molecule has 1 aromatic carbocycles. The molecule has 0 aliphatic rings. The molecule has 0 saturated heterocycles. The third-order valence-electron chi connectivity index (χ3n) is 4.43. The van der Waals surface area contributed by atoms with Crippen LogP contribution >= 0.6 is 23.4 Å². The summed E-state index contributed by atoms with van der Waals surface area (Å²) in [6, 6.07) is 1.78. The number of carboxylic acid groups (broad SMARTS) is 1. The zero-order valence-electron chi connectivity index (χ0n) is 16.9. The smallest absolute Gasteiger partial charge is 0.432 e. The average Bonchev–Trinajstić information content (AvgIpc) is 2.61. The van der Waals surface area contributed by atoms with E-state index in [0.29, 0.717) is 0 Å². The van der Waals surface area contributed by atoms with Crippen LogP contribution < -0.4 is 11.2 Å². The highest BCUT2D eigenvalue weighted by atomic mass is 35.5. The molecule has 0 bridgehead atoms. The lowest BCUT2D eigenvalue weighted by Gasteiger charge is -2.19. The topological polar surface area (TPSA) is 81.3 Å². The molecule has 6 nitrogen and oxygen atoms in total. The van der Waals surface area contributed by atoms with Gasteiger partial charge in [0.25, 0.3) is 5.56 Å². The van der Waals surface area contributed by atoms with Crippen molar-refractivity contribution < 1.29 is 27.5 Å². The highest BCUT2D eigenvalue weighted by Gasteiger charge is 2.38. The number of halogens is 5. The lowest BCUT2D eigenvalue weighted by atomic mass is 10.1. The summed E-state index contributed by atoms with van der Waals surface area (Å²) in [5.41, 5.74) is -5.60. The number of hydrogen-bond acceptors (Lipinski definition) is 4. The van der Waals surface area contributed by atoms with Crippen molar-refractivity contribution in [2.45, 2.75) is 43.5 Å². The second-order valence-electron chi connectivity index (χ2n) is 7.26. The van der Waals surface area contributed by atoms with Crippen LogP contribution in [0, 0.1) is 18.7 Å². The minimum Gasteiger partial charge on any atom is -0.480 e. The van der Waals surface area contributed by atoms with E-state index in [2.05, 4.69) is 0 Å². The first kappa shape index (κ1) is 25.0. The van der Waals surface area contributed by atoms with Gasteiger partial charge in [0, 0.05) is 17.5 Å². The van der Waals surface area contributed by atoms with E-state index in [0.717, 1.165) is 37.9 Å². The van der Waals surface area contributed by atoms with E-state index in [4.69, 9.17) is 11.6 Å². The number of carboxylic acids is 1. The van der Waals surface area contributed by atoms with Gasteiger partial charge in [-0.2, -0.15) is 13.2 Å². The van der Waals surface area contributed by atoms with Crippen molar-refractivity contribution in [1.82, 2.24) is 9.13 Å². The average molecular weight is 483 g/mol. The maximum atomic E-state index is 14.6. The minimum absolute atomic E-state index is 0.0137. The van der Waals surface area contributed by atoms with Crippen molar-refractivity contribution in [1.29, 1.82) is 0 Å². The normalized spacial score (nSPS) is 13.0. The number of alkyl halides is 3. The predicted molar refractivity (Wildman–Crippen MR) is 109 cm³/mol. The summed E-state index contributed by atoms with van der Waals surface area (Å²) in [5, 5.41) is 8.32. The van der Waals surface area contributed by atoms with Crippen LogP contribution in [0.5, 0.6) is 0 Å². The molecule has 2 rings (SSSR count). The van der Waals surface area contributed by atoms with Gasteiger partial charge in [0.2, 0.25) is 0 Å². The SMILES string of the molecule is Cc1c(C(F)(F)F)n(C)c(=O)n(-c2cc(SC(CC(C)C)C(=O)O)c(Cl)cc2F)c1=O. The number of benzene rings is 1. The molecule has 0 aliphatic heterocycles. The molecule has 0 spiro atoms. The van der Waals surface area contributed by atoms with Crippen molar-refractivity contribution in [3.05, 3.63) is 55.1 Å². The highest BCUT2D eigenvalue weighted by molar-refractivity contribution is 8.00. The molecule has 0 saturated carbocycles. The summed E-state index contributed by atoms with van der Waals surface area (Å²) in [5.74, 6) is -2.25. The Morgan fingerprint density at radius 1 is 1.26 bits per heavy atom. The molecule has 0 radical (unpaired) electrons. The number of aromatic nitrogens is 2. The first-order valence-corrected chi connectivity index (χ1v) is 10.2. The van der Waals surface area contributed by atoms with Crippen molar-refractivity contribution in [2.24, 2.45) is 13.0 Å². The molecular formula is C19H19ClF4N2O4S. The highest BCUT2D eigenvalue weighted by Crippen LogP contribution is 2.36. The van der Waals surface area contributed by atoms with Crippen LogP contribution in [-0.2, 0) is 18.0 Å². The third kappa shape index (κ3) is 5.15. The Kier molecular flexibility index (Phi) is 7.32. The zero-order chi connectivity index (χ0) is 23.8. The summed E-state index contributed by atoms with van der Waals surface area (Å²) >= 11 is 6.82. The van der Waals surface area contributed by atoms with Gasteiger partial charge in [-0.15, -0.1) is 11.8 Å². The van der Waals surface area contributed by atoms with Gasteiger partial charge in [-0.1, -0.05) is 25.4 Å². The molecule has 1 atom stereocenters. The molecule has 1 aromatic heterocycles. The molecule has 1 heterocycles. The van der Waals surface area contributed by atoms with Gasteiger partial charge in [-0.05, 0) is 31.4 Å². The zero-order valence-corrected chi connectivity index (χ0v) is 18.5. The number of rotatable bonds is 6. The van der Waals surface area contributed by atoms with E-state index in [1.165, 1.54) is 0 Å². The molecular weight excluding hydrogens is 464 g/mol. The van der Waals surface area contributed by atoms with Crippen molar-refractivity contribution in [3.63, 3.8) is 0 Å². The summed E-state index contributed by atoms with van der Waals surface area (Å²) < 4.78 is 54.9. The standard InChI is InChI=1S/C19H19ClF4N2O4S/c1-8(2)5-14(17(28)29)31-13-7-12(11(21)6-10(13)20)26-16(27)9(3)15(19(22,23)24)25(4)18(26)30/h6-8,14H,5H2,1-4H3,(H,28,29). The van der Waals surface area contributed by atoms with Gasteiger partial charge in [0.15, 0.2) is 0 Å². The Morgan fingerprint density at radius 2 is 1.84 bits per heavy atom. The van der Waals surface area contributed by atoms with Gasteiger partial charge in [0.1, 0.15) is 16.8 Å². The third-order valence-corrected chi connectivity index (χ3v) is 6.13. The number of thioether (sulfide) groups is 1. The quantitative estimate of drug-likeness (QED) is 0.492. The lowest BCUT2D eigenvalue weighted by Crippen LogP contribution is -2.43. The van der Waals surface area contributed by atoms with Crippen molar-refractivity contribution in [2.75, 3.05) is 0 Å². The molecule has 170 valence electrons. The largest absolute Gasteiger partial charge is 0.480 e. The lowest BCUT2D eigenvalue weighted by molar-refractivity contribution is -0.144. The molecule has 1 unspecified atom stereocenters. The van der Waals surface area contributed by atoms with E-state index in [1.54, 1.807) is 0 Å². The Labute approximate surface area is 183 Å². The van der Waals surface area contributed by atoms with E-state index in [9.17, 15) is 37.1 Å². The first-order chi connectivity index (χ1) is 14.2. The molecule has 0 aliphatic carbocycles. The maximum absolute atomic E-state index is 14.6. The fraction of sp³-hybridized carbons (Fsp3) is 0.421. The Morgan fingerprint density at radius 3 is 2.32 bits per heavy atom. The fourth-order valence-electron chi connectivity index (χ4n) is 3.03. The summed E-state index contributed by atoms with van der Waals surface area (Å²) in [6.45, 7) is 4.50. The molecule has 0 fully saturated rings. The fourth-order valence-corrected chi connectivity index (χ4v) is 4.55. The van der Waals surface area contributed by atoms with E-state index < -0.39 is 51.4 Å². The summed E-state index contributed by atoms with van der Waals surface area (Å²) in [6.07, 6.45) is -4.72. The summed E-state index contributed by atoms with van der Waals surface area (Å²) in [4.78, 5) is 36.8. The maximum Gasteiger partial charge on any atom is 0.432 e. The number of carbonyl (C=O) groups is 1. The molecule has 1 N–H and O–H groups in total. The van der Waals surface area contributed by atoms with Crippen LogP contribution in [0.15, 0.2) is 26.6 Å². The van der Waals surface area contributed by atoms with Crippen LogP contribution in [-0.4, -0.2) is 25.5 Å².